The standard InChI is InChI=1S/C42H70BO3Si/c1-28(2)13-12-14-29(3)35-19-20-36-34-18-16-31-25-33(21-23-41(31,8)37(34)22-24-42(35,36)9)44-32-17-15-30(27-47(10)11)38(26-32)43-45-39(4,5)40(6,7)46-43/h15,17,26,28-29,31,33-37H,12-14,16,18-25,27H2,1-11H3/t29-,31+,33-,34+,35?,36+,37+,41+,42-/m1/s1. The predicted molar refractivity (Wildman–Crippen MR) is 201 cm³/mol. The molecule has 0 amide bonds. The number of hydrogen-bond acceptors (Lipinski definition) is 3. The molecule has 0 aromatic heterocycles. The molecule has 4 saturated carbocycles. The van der Waals surface area contributed by atoms with Crippen molar-refractivity contribution in [1.82, 2.24) is 0 Å². The maximum absolute atomic E-state index is 6.92. The number of hydrogen-bond donors (Lipinski definition) is 0. The summed E-state index contributed by atoms with van der Waals surface area (Å²) in [5.74, 6) is 7.34. The molecule has 0 spiro atoms. The van der Waals surface area contributed by atoms with E-state index in [4.69, 9.17) is 14.0 Å². The lowest BCUT2D eigenvalue weighted by Crippen LogP contribution is -2.54. The molecule has 0 bridgehead atoms. The molecule has 5 fully saturated rings. The summed E-state index contributed by atoms with van der Waals surface area (Å²) in [5.41, 5.74) is 2.94. The first-order valence-electron chi connectivity index (χ1n) is 20.0. The van der Waals surface area contributed by atoms with E-state index in [1.54, 1.807) is 0 Å². The van der Waals surface area contributed by atoms with Crippen LogP contribution in [0.1, 0.15) is 145 Å². The van der Waals surface area contributed by atoms with Crippen molar-refractivity contribution in [3.63, 3.8) is 0 Å². The number of benzene rings is 1. The Labute approximate surface area is 292 Å². The second-order valence-corrected chi connectivity index (χ2v) is 22.3. The first-order chi connectivity index (χ1) is 22.0. The van der Waals surface area contributed by atoms with Crippen LogP contribution < -0.4 is 10.2 Å². The topological polar surface area (TPSA) is 27.7 Å². The van der Waals surface area contributed by atoms with Crippen LogP contribution in [0.2, 0.25) is 13.1 Å². The van der Waals surface area contributed by atoms with E-state index in [2.05, 4.69) is 93.6 Å². The predicted octanol–water partition coefficient (Wildman–Crippen LogP) is 10.7. The molecular formula is C42H70BO3Si. The van der Waals surface area contributed by atoms with Crippen LogP contribution in [0.15, 0.2) is 18.2 Å². The fourth-order valence-electron chi connectivity index (χ4n) is 11.9. The van der Waals surface area contributed by atoms with Gasteiger partial charge in [-0.25, -0.2) is 0 Å². The summed E-state index contributed by atoms with van der Waals surface area (Å²) in [7, 11) is -0.772. The van der Waals surface area contributed by atoms with Crippen molar-refractivity contribution >= 4 is 21.4 Å². The SMILES string of the molecule is CC(C)CCC[C@@H](C)C1CC[C@H]2[C@@H]3CC[C@H]4C[C@H](Oc5ccc(C[Si](C)C)c(B6OC(C)(C)C(C)(C)O6)c5)CC[C@]4(C)[C@H]3CC[C@]12C. The smallest absolute Gasteiger partial charge is 0.490 e. The van der Waals surface area contributed by atoms with Crippen LogP contribution in [-0.2, 0) is 15.4 Å². The molecule has 5 heteroatoms. The van der Waals surface area contributed by atoms with Gasteiger partial charge < -0.3 is 14.0 Å². The molecule has 6 rings (SSSR count). The molecule has 1 heterocycles. The van der Waals surface area contributed by atoms with E-state index in [0.717, 1.165) is 53.2 Å². The van der Waals surface area contributed by atoms with Crippen LogP contribution in [-0.4, -0.2) is 33.2 Å². The van der Waals surface area contributed by atoms with Crippen molar-refractivity contribution < 1.29 is 14.0 Å². The van der Waals surface area contributed by atoms with E-state index >= 15 is 0 Å². The molecule has 4 aliphatic carbocycles. The first kappa shape index (κ1) is 36.0. The Kier molecular flexibility index (Phi) is 10.3. The Bertz CT molecular complexity index is 1230. The van der Waals surface area contributed by atoms with Gasteiger partial charge in [-0.1, -0.05) is 78.6 Å². The lowest BCUT2D eigenvalue weighted by atomic mass is 9.44. The summed E-state index contributed by atoms with van der Waals surface area (Å²) < 4.78 is 20.1. The maximum Gasteiger partial charge on any atom is 0.495 e. The average molecular weight is 662 g/mol. The molecule has 3 nitrogen and oxygen atoms in total. The largest absolute Gasteiger partial charge is 0.495 e. The molecule has 1 aromatic rings. The van der Waals surface area contributed by atoms with Gasteiger partial charge in [0.15, 0.2) is 0 Å². The number of ether oxygens (including phenoxy) is 1. The van der Waals surface area contributed by atoms with Gasteiger partial charge >= 0.3 is 7.12 Å². The minimum absolute atomic E-state index is 0.315. The van der Waals surface area contributed by atoms with Crippen LogP contribution in [0.4, 0.5) is 0 Å². The van der Waals surface area contributed by atoms with Gasteiger partial charge in [0.05, 0.1) is 17.3 Å². The van der Waals surface area contributed by atoms with Crippen LogP contribution in [0.5, 0.6) is 5.75 Å². The first-order valence-corrected chi connectivity index (χ1v) is 22.7. The molecule has 1 aromatic carbocycles. The van der Waals surface area contributed by atoms with Crippen molar-refractivity contribution in [2.45, 2.75) is 176 Å². The normalized spacial score (nSPS) is 38.3. The zero-order valence-corrected chi connectivity index (χ0v) is 33.3. The zero-order valence-electron chi connectivity index (χ0n) is 32.3. The highest BCUT2D eigenvalue weighted by Crippen LogP contribution is 2.68. The maximum atomic E-state index is 6.92. The Morgan fingerprint density at radius 1 is 0.830 bits per heavy atom. The third-order valence-electron chi connectivity index (χ3n) is 15.3. The molecular weight excluding hydrogens is 591 g/mol. The Balaban J connectivity index is 1.12. The molecule has 1 saturated heterocycles. The van der Waals surface area contributed by atoms with E-state index < -0.39 is 8.80 Å². The van der Waals surface area contributed by atoms with Crippen LogP contribution in [0.25, 0.3) is 0 Å². The molecule has 9 atom stereocenters. The van der Waals surface area contributed by atoms with Gasteiger partial charge in [0.1, 0.15) is 5.75 Å². The number of fused-ring (bicyclic) bond motifs is 5. The van der Waals surface area contributed by atoms with E-state index in [1.807, 2.05) is 0 Å². The summed E-state index contributed by atoms with van der Waals surface area (Å²) in [5, 5.41) is 0. The van der Waals surface area contributed by atoms with E-state index in [0.29, 0.717) is 16.9 Å². The highest BCUT2D eigenvalue weighted by molar-refractivity contribution is 6.63. The van der Waals surface area contributed by atoms with Gasteiger partial charge in [-0.3, -0.25) is 0 Å². The van der Waals surface area contributed by atoms with Crippen molar-refractivity contribution in [2.75, 3.05) is 0 Å². The van der Waals surface area contributed by atoms with Crippen LogP contribution >= 0.6 is 0 Å². The van der Waals surface area contributed by atoms with Gasteiger partial charge in [0, 0.05) is 8.80 Å². The zero-order chi connectivity index (χ0) is 33.9. The van der Waals surface area contributed by atoms with Crippen molar-refractivity contribution in [2.24, 2.45) is 52.3 Å². The molecule has 5 aliphatic rings. The second kappa shape index (κ2) is 13.4. The minimum Gasteiger partial charge on any atom is -0.490 e. The van der Waals surface area contributed by atoms with Crippen LogP contribution in [0.3, 0.4) is 0 Å². The molecule has 47 heavy (non-hydrogen) atoms. The average Bonchev–Trinajstić information content (AvgIpc) is 3.44. The van der Waals surface area contributed by atoms with Crippen molar-refractivity contribution in [1.29, 1.82) is 0 Å². The fraction of sp³-hybridized carbons (Fsp3) is 0.857. The Hall–Kier alpha value is -0.778. The summed E-state index contributed by atoms with van der Waals surface area (Å²) in [6, 6.07) is 7.94. The van der Waals surface area contributed by atoms with Gasteiger partial charge in [0.25, 0.3) is 0 Å². The molecule has 263 valence electrons. The number of rotatable bonds is 10. The monoisotopic (exact) mass is 662 g/mol. The van der Waals surface area contributed by atoms with E-state index in [9.17, 15) is 0 Å². The second-order valence-electron chi connectivity index (χ2n) is 19.5. The fourth-order valence-corrected chi connectivity index (χ4v) is 13.0. The highest BCUT2D eigenvalue weighted by atomic mass is 28.3. The summed E-state index contributed by atoms with van der Waals surface area (Å²) >= 11 is 0. The third-order valence-corrected chi connectivity index (χ3v) is 16.4. The van der Waals surface area contributed by atoms with E-state index in [1.165, 1.54) is 88.1 Å². The van der Waals surface area contributed by atoms with Gasteiger partial charge in [0.2, 0.25) is 0 Å². The summed E-state index contributed by atoms with van der Waals surface area (Å²) in [6.45, 7) is 26.3. The lowest BCUT2D eigenvalue weighted by Gasteiger charge is -2.61. The summed E-state index contributed by atoms with van der Waals surface area (Å²) in [6.07, 6.45) is 17.2. The van der Waals surface area contributed by atoms with Crippen LogP contribution in [0, 0.1) is 52.3 Å². The summed E-state index contributed by atoms with van der Waals surface area (Å²) in [4.78, 5) is 0. The van der Waals surface area contributed by atoms with Crippen molar-refractivity contribution in [3.05, 3.63) is 23.8 Å². The molecule has 1 unspecified atom stereocenters. The quantitative estimate of drug-likeness (QED) is 0.234. The van der Waals surface area contributed by atoms with Gasteiger partial charge in [-0.2, -0.15) is 0 Å². The van der Waals surface area contributed by atoms with Gasteiger partial charge in [-0.15, -0.1) is 0 Å². The Morgan fingerprint density at radius 2 is 1.51 bits per heavy atom. The molecule has 1 aliphatic heterocycles. The molecule has 1 radical (unpaired) electrons. The van der Waals surface area contributed by atoms with E-state index in [-0.39, 0.29) is 18.3 Å². The highest BCUT2D eigenvalue weighted by Gasteiger charge is 2.61. The third kappa shape index (κ3) is 6.83. The Morgan fingerprint density at radius 3 is 2.19 bits per heavy atom. The van der Waals surface area contributed by atoms with Gasteiger partial charge in [-0.05, 0) is 161 Å². The lowest BCUT2D eigenvalue weighted by molar-refractivity contribution is -0.126. The minimum atomic E-state index is -0.439. The van der Waals surface area contributed by atoms with Crippen molar-refractivity contribution in [3.8, 4) is 5.75 Å². The molecule has 0 N–H and O–H groups in total.